The van der Waals surface area contributed by atoms with Gasteiger partial charge in [-0.3, -0.25) is 0 Å². The van der Waals surface area contributed by atoms with Crippen LogP contribution in [0.15, 0.2) is 41.8 Å². The molecule has 1 aromatic rings. The normalized spacial score (nSPS) is 15.1. The predicted octanol–water partition coefficient (Wildman–Crippen LogP) is 1.62. The molecule has 6 heteroatoms. The molecule has 0 aliphatic heterocycles. The van der Waals surface area contributed by atoms with Crippen LogP contribution < -0.4 is 10.1 Å². The average Bonchev–Trinajstić information content (AvgIpc) is 3.30. The Labute approximate surface area is 126 Å². The molecule has 0 heterocycles. The summed E-state index contributed by atoms with van der Waals surface area (Å²) in [6, 6.07) is 6.72. The van der Waals surface area contributed by atoms with Crippen molar-refractivity contribution in [1.29, 1.82) is 0 Å². The van der Waals surface area contributed by atoms with Crippen LogP contribution in [0.4, 0.5) is 0 Å². The molecule has 0 amide bonds. The maximum absolute atomic E-state index is 12.6. The van der Waals surface area contributed by atoms with Crippen LogP contribution in [0.5, 0.6) is 5.75 Å². The fourth-order valence-corrected chi connectivity index (χ4v) is 3.70. The van der Waals surface area contributed by atoms with E-state index < -0.39 is 10.0 Å². The second kappa shape index (κ2) is 7.06. The summed E-state index contributed by atoms with van der Waals surface area (Å²) in [5, 5.41) is 2.99. The Kier molecular flexibility index (Phi) is 5.39. The van der Waals surface area contributed by atoms with E-state index in [2.05, 4.69) is 11.9 Å². The van der Waals surface area contributed by atoms with Crippen LogP contribution in [0.1, 0.15) is 12.8 Å². The van der Waals surface area contributed by atoms with Crippen molar-refractivity contribution in [2.75, 3.05) is 26.7 Å². The average molecular weight is 310 g/mol. The van der Waals surface area contributed by atoms with Crippen LogP contribution in [0, 0.1) is 0 Å². The fraction of sp³-hybridized carbons (Fsp3) is 0.467. The van der Waals surface area contributed by atoms with Crippen LogP contribution in [0.3, 0.4) is 0 Å². The molecule has 0 aromatic heterocycles. The molecule has 116 valence electrons. The van der Waals surface area contributed by atoms with Crippen molar-refractivity contribution in [2.45, 2.75) is 23.8 Å². The van der Waals surface area contributed by atoms with Gasteiger partial charge in [0.2, 0.25) is 10.0 Å². The Bertz CT molecular complexity index is 565. The van der Waals surface area contributed by atoms with Gasteiger partial charge in [0, 0.05) is 19.1 Å². The van der Waals surface area contributed by atoms with Gasteiger partial charge in [-0.2, -0.15) is 4.31 Å². The fourth-order valence-electron chi connectivity index (χ4n) is 2.05. The van der Waals surface area contributed by atoms with Gasteiger partial charge in [-0.05, 0) is 44.2 Å². The molecule has 0 bridgehead atoms. The lowest BCUT2D eigenvalue weighted by Gasteiger charge is -2.20. The Morgan fingerprint density at radius 1 is 1.38 bits per heavy atom. The number of hydrogen-bond acceptors (Lipinski definition) is 4. The number of hydrogen-bond donors (Lipinski definition) is 1. The number of likely N-dealkylation sites (N-methyl/N-ethyl adjacent to an activating group) is 1. The van der Waals surface area contributed by atoms with E-state index in [-0.39, 0.29) is 6.04 Å². The van der Waals surface area contributed by atoms with Gasteiger partial charge in [-0.1, -0.05) is 6.08 Å². The van der Waals surface area contributed by atoms with Gasteiger partial charge >= 0.3 is 0 Å². The molecule has 0 radical (unpaired) electrons. The van der Waals surface area contributed by atoms with Crippen molar-refractivity contribution < 1.29 is 13.2 Å². The number of sulfonamides is 1. The van der Waals surface area contributed by atoms with E-state index in [1.165, 1.54) is 4.31 Å². The third kappa shape index (κ3) is 4.06. The van der Waals surface area contributed by atoms with Crippen LogP contribution in [0.25, 0.3) is 0 Å². The standard InChI is InChI=1S/C15H22N2O3S/c1-3-11-17(13-4-5-13)21(18,19)15-8-6-14(7-9-15)20-12-10-16-2/h3,6-9,13,16H,1,4-5,10-12H2,2H3. The summed E-state index contributed by atoms with van der Waals surface area (Å²) in [5.74, 6) is 0.672. The van der Waals surface area contributed by atoms with Gasteiger partial charge < -0.3 is 10.1 Å². The SMILES string of the molecule is C=CCN(C1CC1)S(=O)(=O)c1ccc(OCCNC)cc1. The Morgan fingerprint density at radius 2 is 2.05 bits per heavy atom. The quantitative estimate of drug-likeness (QED) is 0.556. The summed E-state index contributed by atoms with van der Waals surface area (Å²) in [5.41, 5.74) is 0. The van der Waals surface area contributed by atoms with Crippen molar-refractivity contribution in [3.63, 3.8) is 0 Å². The lowest BCUT2D eigenvalue weighted by molar-refractivity contribution is 0.318. The molecule has 0 spiro atoms. The van der Waals surface area contributed by atoms with E-state index in [0.717, 1.165) is 19.4 Å². The molecule has 21 heavy (non-hydrogen) atoms. The Balaban J connectivity index is 2.10. The molecule has 0 saturated heterocycles. The van der Waals surface area contributed by atoms with E-state index in [0.29, 0.717) is 23.8 Å². The summed E-state index contributed by atoms with van der Waals surface area (Å²) < 4.78 is 32.2. The molecule has 5 nitrogen and oxygen atoms in total. The van der Waals surface area contributed by atoms with Gasteiger partial charge in [0.15, 0.2) is 0 Å². The molecule has 2 rings (SSSR count). The second-order valence-electron chi connectivity index (χ2n) is 5.02. The van der Waals surface area contributed by atoms with Gasteiger partial charge in [0.05, 0.1) is 4.90 Å². The van der Waals surface area contributed by atoms with Crippen LogP contribution in [-0.4, -0.2) is 45.5 Å². The van der Waals surface area contributed by atoms with E-state index in [4.69, 9.17) is 4.74 Å². The smallest absolute Gasteiger partial charge is 0.243 e. The van der Waals surface area contributed by atoms with Crippen molar-refractivity contribution >= 4 is 10.0 Å². The van der Waals surface area contributed by atoms with E-state index in [1.54, 1.807) is 30.3 Å². The van der Waals surface area contributed by atoms with Gasteiger partial charge in [-0.15, -0.1) is 6.58 Å². The molecule has 0 unspecified atom stereocenters. The summed E-state index contributed by atoms with van der Waals surface area (Å²) >= 11 is 0. The largest absolute Gasteiger partial charge is 0.492 e. The zero-order valence-corrected chi connectivity index (χ0v) is 13.1. The number of ether oxygens (including phenoxy) is 1. The van der Waals surface area contributed by atoms with Crippen molar-refractivity contribution in [1.82, 2.24) is 9.62 Å². The molecular weight excluding hydrogens is 288 g/mol. The number of benzene rings is 1. The Morgan fingerprint density at radius 3 is 2.57 bits per heavy atom. The predicted molar refractivity (Wildman–Crippen MR) is 83.0 cm³/mol. The molecule has 1 N–H and O–H groups in total. The highest BCUT2D eigenvalue weighted by molar-refractivity contribution is 7.89. The van der Waals surface area contributed by atoms with Gasteiger partial charge in [-0.25, -0.2) is 8.42 Å². The van der Waals surface area contributed by atoms with Crippen molar-refractivity contribution in [3.05, 3.63) is 36.9 Å². The first kappa shape index (κ1) is 16.0. The second-order valence-corrected chi connectivity index (χ2v) is 6.91. The molecule has 1 saturated carbocycles. The number of nitrogens with zero attached hydrogens (tertiary/aromatic N) is 1. The monoisotopic (exact) mass is 310 g/mol. The third-order valence-electron chi connectivity index (χ3n) is 3.31. The maximum Gasteiger partial charge on any atom is 0.243 e. The van der Waals surface area contributed by atoms with Crippen LogP contribution in [-0.2, 0) is 10.0 Å². The molecule has 1 aromatic carbocycles. The minimum atomic E-state index is -3.45. The molecule has 1 fully saturated rings. The Hall–Kier alpha value is -1.37. The van der Waals surface area contributed by atoms with Gasteiger partial charge in [0.1, 0.15) is 12.4 Å². The first-order chi connectivity index (χ1) is 10.1. The number of rotatable bonds is 9. The minimum Gasteiger partial charge on any atom is -0.492 e. The first-order valence-corrected chi connectivity index (χ1v) is 8.54. The molecular formula is C15H22N2O3S. The molecule has 1 aliphatic carbocycles. The lowest BCUT2D eigenvalue weighted by atomic mass is 10.3. The van der Waals surface area contributed by atoms with E-state index in [9.17, 15) is 8.42 Å². The first-order valence-electron chi connectivity index (χ1n) is 7.10. The molecule has 1 aliphatic rings. The zero-order chi connectivity index (χ0) is 15.3. The van der Waals surface area contributed by atoms with Gasteiger partial charge in [0.25, 0.3) is 0 Å². The summed E-state index contributed by atoms with van der Waals surface area (Å²) in [4.78, 5) is 0.303. The highest BCUT2D eigenvalue weighted by Crippen LogP contribution is 2.32. The summed E-state index contributed by atoms with van der Waals surface area (Å²) in [6.45, 7) is 5.29. The lowest BCUT2D eigenvalue weighted by Crippen LogP contribution is -2.33. The maximum atomic E-state index is 12.6. The van der Waals surface area contributed by atoms with Crippen molar-refractivity contribution in [3.8, 4) is 5.75 Å². The third-order valence-corrected chi connectivity index (χ3v) is 5.25. The topological polar surface area (TPSA) is 58.6 Å². The number of nitrogens with one attached hydrogen (secondary N) is 1. The molecule has 0 atom stereocenters. The van der Waals surface area contributed by atoms with Crippen LogP contribution >= 0.6 is 0 Å². The minimum absolute atomic E-state index is 0.125. The van der Waals surface area contributed by atoms with Crippen molar-refractivity contribution in [2.24, 2.45) is 0 Å². The zero-order valence-electron chi connectivity index (χ0n) is 12.3. The van der Waals surface area contributed by atoms with E-state index in [1.807, 2.05) is 7.05 Å². The van der Waals surface area contributed by atoms with E-state index >= 15 is 0 Å². The highest BCUT2D eigenvalue weighted by atomic mass is 32.2. The highest BCUT2D eigenvalue weighted by Gasteiger charge is 2.37. The summed E-state index contributed by atoms with van der Waals surface area (Å²) in [6.07, 6.45) is 3.49. The summed E-state index contributed by atoms with van der Waals surface area (Å²) in [7, 11) is -1.60. The van der Waals surface area contributed by atoms with Crippen LogP contribution in [0.2, 0.25) is 0 Å².